The molecule has 0 radical (unpaired) electrons. The number of nitrogens with zero attached hydrogens (tertiary/aromatic N) is 1. The van der Waals surface area contributed by atoms with Gasteiger partial charge in [-0.15, -0.1) is 0 Å². The van der Waals surface area contributed by atoms with Crippen LogP contribution in [0.25, 0.3) is 22.8 Å². The lowest BCUT2D eigenvalue weighted by atomic mass is 9.59. The fraction of sp³-hybridized carbons (Fsp3) is 0.627. The Labute approximate surface area is 462 Å². The third-order valence-electron chi connectivity index (χ3n) is 18.4. The van der Waals surface area contributed by atoms with Gasteiger partial charge >= 0.3 is 11.9 Å². The fourth-order valence-electron chi connectivity index (χ4n) is 14.0. The van der Waals surface area contributed by atoms with Crippen molar-refractivity contribution in [2.75, 3.05) is 5.32 Å². The number of carbonyl (C=O) groups excluding carboxylic acids is 4. The number of amides is 2. The zero-order valence-corrected chi connectivity index (χ0v) is 49.4. The van der Waals surface area contributed by atoms with Gasteiger partial charge in [0.15, 0.2) is 0 Å². The summed E-state index contributed by atoms with van der Waals surface area (Å²) in [4.78, 5) is 69.4. The topological polar surface area (TPSA) is 139 Å². The van der Waals surface area contributed by atoms with E-state index in [9.17, 15) is 9.59 Å². The van der Waals surface area contributed by atoms with Crippen LogP contribution in [0.2, 0.25) is 0 Å². The molecule has 5 aliphatic rings. The van der Waals surface area contributed by atoms with Crippen molar-refractivity contribution in [2.45, 2.75) is 199 Å². The molecular formula is C67H94N4O6. The highest BCUT2D eigenvalue weighted by Crippen LogP contribution is 2.52. The van der Waals surface area contributed by atoms with E-state index in [1.807, 2.05) is 66.7 Å². The minimum atomic E-state index is -0.527. The Kier molecular flexibility index (Phi) is 17.5. The molecule has 3 aromatic rings. The van der Waals surface area contributed by atoms with Gasteiger partial charge in [0.2, 0.25) is 11.8 Å². The number of aromatic amines is 1. The number of aliphatic imine (C=N–C) groups is 1. The molecule has 4 saturated carbocycles. The Hall–Kier alpha value is -5.25. The van der Waals surface area contributed by atoms with Gasteiger partial charge in [-0.3, -0.25) is 9.59 Å². The second-order valence-electron chi connectivity index (χ2n) is 28.6. The predicted octanol–water partition coefficient (Wildman–Crippen LogP) is 16.0. The molecule has 10 nitrogen and oxygen atoms in total. The number of allylic oxidation sites excluding steroid dienone is 1. The molecule has 4 fully saturated rings. The van der Waals surface area contributed by atoms with E-state index in [-0.39, 0.29) is 97.9 Å². The van der Waals surface area contributed by atoms with Gasteiger partial charge in [0.05, 0.1) is 11.4 Å². The first-order chi connectivity index (χ1) is 36.2. The van der Waals surface area contributed by atoms with Crippen LogP contribution in [0.1, 0.15) is 208 Å². The van der Waals surface area contributed by atoms with E-state index in [2.05, 4.69) is 113 Å². The summed E-state index contributed by atoms with van der Waals surface area (Å²) in [6.45, 7) is 31.6. The van der Waals surface area contributed by atoms with Crippen LogP contribution < -0.4 is 10.6 Å². The standard InChI is InChI=1S/C67H94N4O6/c1-40-35-46(64(3,4)5)56(47(36-40)65(6,7)8)76-62(74)54-52(42-27-19-15-20-28-42)50(68-58(54)70-60(72)44-31-23-17-24-32-44)39-51-53(43-29-21-16-22-30-43)55(59(69-51)71-61(73)45-33-25-18-26-34-45)63(75)77-57-48(66(9,10)11)37-41(2)38-49(57)67(12,13)14/h15-16,19-22,27-30,39-41,44-49,56-57,68H,17-18,23-26,31-38H2,1-14H3,(H,70,72)(H,69,71,73). The smallest absolute Gasteiger partial charge is 0.342 e. The van der Waals surface area contributed by atoms with Crippen molar-refractivity contribution in [2.24, 2.45) is 74.0 Å². The van der Waals surface area contributed by atoms with Crippen LogP contribution in [0.5, 0.6) is 0 Å². The minimum Gasteiger partial charge on any atom is -0.458 e. The average Bonchev–Trinajstić information content (AvgIpc) is 3.96. The SMILES string of the molecule is CC1CC(C(C)(C)C)C(OC(=O)C2=C(c3ccccc3)C(=Cc3[nH]c(NC(=O)C4CCCCC4)c(C(=O)OC4C(C(C)(C)C)CC(C)CC4C(C)(C)C)c3-c3ccccc3)N=C2NC(=O)C2CCCCC2)C(C(C)(C)C)C1. The van der Waals surface area contributed by atoms with Crippen molar-refractivity contribution in [1.82, 2.24) is 10.3 Å². The molecule has 418 valence electrons. The number of ether oxygens (including phenoxy) is 2. The van der Waals surface area contributed by atoms with Crippen LogP contribution in [-0.2, 0) is 23.9 Å². The largest absolute Gasteiger partial charge is 0.458 e. The fourth-order valence-corrected chi connectivity index (χ4v) is 14.0. The number of amidine groups is 1. The van der Waals surface area contributed by atoms with Gasteiger partial charge in [0.1, 0.15) is 35.0 Å². The zero-order chi connectivity index (χ0) is 55.8. The van der Waals surface area contributed by atoms with Gasteiger partial charge in [0, 0.05) is 46.6 Å². The minimum absolute atomic E-state index is 0.0796. The highest BCUT2D eigenvalue weighted by atomic mass is 16.5. The van der Waals surface area contributed by atoms with Crippen molar-refractivity contribution in [3.63, 3.8) is 0 Å². The molecule has 0 spiro atoms. The average molecular weight is 1050 g/mol. The van der Waals surface area contributed by atoms with Crippen molar-refractivity contribution in [1.29, 1.82) is 0 Å². The lowest BCUT2D eigenvalue weighted by Crippen LogP contribution is -2.50. The van der Waals surface area contributed by atoms with Crippen molar-refractivity contribution in [3.05, 3.63) is 88.8 Å². The third-order valence-corrected chi connectivity index (χ3v) is 18.4. The third kappa shape index (κ3) is 13.3. The Morgan fingerprint density at radius 1 is 0.545 bits per heavy atom. The molecule has 77 heavy (non-hydrogen) atoms. The van der Waals surface area contributed by atoms with E-state index in [4.69, 9.17) is 14.5 Å². The molecule has 3 N–H and O–H groups in total. The molecule has 4 unspecified atom stereocenters. The lowest BCUT2D eigenvalue weighted by Gasteiger charge is -2.50. The zero-order valence-electron chi connectivity index (χ0n) is 49.4. The van der Waals surface area contributed by atoms with E-state index >= 15 is 9.59 Å². The highest BCUT2D eigenvalue weighted by molar-refractivity contribution is 6.31. The summed E-state index contributed by atoms with van der Waals surface area (Å²) >= 11 is 0. The molecule has 1 aliphatic heterocycles. The van der Waals surface area contributed by atoms with E-state index in [0.29, 0.717) is 34.4 Å². The summed E-state index contributed by atoms with van der Waals surface area (Å²) in [5, 5.41) is 6.48. The highest BCUT2D eigenvalue weighted by Gasteiger charge is 2.51. The number of H-pyrrole nitrogens is 1. The number of rotatable bonds is 10. The quantitative estimate of drug-likeness (QED) is 0.173. The van der Waals surface area contributed by atoms with Crippen LogP contribution >= 0.6 is 0 Å². The summed E-state index contributed by atoms with van der Waals surface area (Å²) in [7, 11) is 0. The second-order valence-corrected chi connectivity index (χ2v) is 28.6. The number of esters is 2. The summed E-state index contributed by atoms with van der Waals surface area (Å²) in [5.41, 5.74) is 3.26. The molecule has 8 rings (SSSR count). The van der Waals surface area contributed by atoms with Crippen LogP contribution in [0.3, 0.4) is 0 Å². The molecule has 0 saturated heterocycles. The predicted molar refractivity (Wildman–Crippen MR) is 313 cm³/mol. The van der Waals surface area contributed by atoms with Crippen LogP contribution in [-0.4, -0.2) is 46.8 Å². The van der Waals surface area contributed by atoms with Gasteiger partial charge in [-0.1, -0.05) is 196 Å². The van der Waals surface area contributed by atoms with Gasteiger partial charge in [-0.05, 0) is 102 Å². The van der Waals surface area contributed by atoms with Gasteiger partial charge in [0.25, 0.3) is 0 Å². The van der Waals surface area contributed by atoms with Crippen molar-refractivity contribution < 1.29 is 28.7 Å². The van der Waals surface area contributed by atoms with Crippen LogP contribution in [0.15, 0.2) is 76.9 Å². The molecular weight excluding hydrogens is 957 g/mol. The number of hydrogen-bond acceptors (Lipinski definition) is 7. The number of hydrogen-bond donors (Lipinski definition) is 3. The summed E-state index contributed by atoms with van der Waals surface area (Å²) in [6, 6.07) is 19.5. The summed E-state index contributed by atoms with van der Waals surface area (Å²) < 4.78 is 14.1. The number of nitrogens with one attached hydrogen (secondary N) is 3. The Bertz CT molecular complexity index is 2640. The maximum atomic E-state index is 15.8. The Morgan fingerprint density at radius 3 is 1.38 bits per heavy atom. The molecule has 4 atom stereocenters. The van der Waals surface area contributed by atoms with Crippen LogP contribution in [0, 0.1) is 69.0 Å². The van der Waals surface area contributed by atoms with E-state index in [0.717, 1.165) is 101 Å². The van der Waals surface area contributed by atoms with Crippen molar-refractivity contribution in [3.8, 4) is 11.1 Å². The monoisotopic (exact) mass is 1050 g/mol. The van der Waals surface area contributed by atoms with Crippen LogP contribution in [0.4, 0.5) is 5.82 Å². The van der Waals surface area contributed by atoms with Gasteiger partial charge in [-0.25, -0.2) is 14.6 Å². The van der Waals surface area contributed by atoms with E-state index in [1.165, 1.54) is 0 Å². The molecule has 2 amide bonds. The first kappa shape index (κ1) is 57.9. The Balaban J connectivity index is 1.35. The number of benzene rings is 2. The van der Waals surface area contributed by atoms with Gasteiger partial charge < -0.3 is 25.1 Å². The first-order valence-corrected chi connectivity index (χ1v) is 29.7. The lowest BCUT2D eigenvalue weighted by molar-refractivity contribution is -0.164. The number of carbonyl (C=O) groups is 4. The molecule has 4 aliphatic carbocycles. The van der Waals surface area contributed by atoms with Crippen molar-refractivity contribution >= 4 is 47.1 Å². The maximum Gasteiger partial charge on any atom is 0.342 e. The maximum absolute atomic E-state index is 15.8. The number of anilines is 1. The molecule has 1 aromatic heterocycles. The number of aromatic nitrogens is 1. The molecule has 0 bridgehead atoms. The second kappa shape index (κ2) is 23.2. The molecule has 2 heterocycles. The summed E-state index contributed by atoms with van der Waals surface area (Å²) in [5.74, 6) is -0.0716. The Morgan fingerprint density at radius 2 is 0.948 bits per heavy atom. The molecule has 2 aromatic carbocycles. The van der Waals surface area contributed by atoms with E-state index < -0.39 is 18.0 Å². The van der Waals surface area contributed by atoms with Gasteiger partial charge in [-0.2, -0.15) is 0 Å². The molecule has 10 heteroatoms. The normalized spacial score (nSPS) is 26.8. The van der Waals surface area contributed by atoms with E-state index in [1.54, 1.807) is 0 Å². The first-order valence-electron chi connectivity index (χ1n) is 29.7. The summed E-state index contributed by atoms with van der Waals surface area (Å²) in [6.07, 6.45) is 13.9.